The van der Waals surface area contributed by atoms with Gasteiger partial charge in [-0.1, -0.05) is 6.07 Å². The Kier molecular flexibility index (Phi) is 5.61. The lowest BCUT2D eigenvalue weighted by Crippen LogP contribution is -2.66. The number of rotatable bonds is 5. The highest BCUT2D eigenvalue weighted by molar-refractivity contribution is 5.87. The van der Waals surface area contributed by atoms with Gasteiger partial charge in [-0.05, 0) is 37.6 Å². The van der Waals surface area contributed by atoms with Gasteiger partial charge in [0.05, 0.1) is 13.7 Å². The first-order valence-electron chi connectivity index (χ1n) is 8.95. The summed E-state index contributed by atoms with van der Waals surface area (Å²) in [6.45, 7) is 5.00. The summed E-state index contributed by atoms with van der Waals surface area (Å²) in [5.74, 6) is 1.07. The van der Waals surface area contributed by atoms with Crippen molar-refractivity contribution < 1.29 is 14.3 Å². The maximum Gasteiger partial charge on any atom is 0.240 e. The molecule has 0 saturated carbocycles. The summed E-state index contributed by atoms with van der Waals surface area (Å²) in [7, 11) is 5.46. The molecule has 1 aromatic rings. The van der Waals surface area contributed by atoms with E-state index < -0.39 is 0 Å². The van der Waals surface area contributed by atoms with Gasteiger partial charge in [-0.15, -0.1) is 0 Å². The maximum absolute atomic E-state index is 12.4. The molecule has 1 aromatic carbocycles. The lowest BCUT2D eigenvalue weighted by molar-refractivity contribution is -0.140. The minimum Gasteiger partial charge on any atom is -0.496 e. The number of carbonyl (C=O) groups is 1. The molecule has 138 valence electrons. The lowest BCUT2D eigenvalue weighted by Gasteiger charge is -2.48. The zero-order valence-corrected chi connectivity index (χ0v) is 15.5. The molecule has 1 spiro atoms. The van der Waals surface area contributed by atoms with Crippen LogP contribution >= 0.6 is 0 Å². The predicted octanol–water partition coefficient (Wildman–Crippen LogP) is 1.24. The van der Waals surface area contributed by atoms with Crippen molar-refractivity contribution >= 4 is 5.91 Å². The molecule has 6 nitrogen and oxygen atoms in total. The SMILES string of the molecule is COCc1cc(CN2CCC3(CC2)C(=O)NCCN3C)ccc1OC. The van der Waals surface area contributed by atoms with Crippen LogP contribution in [0.2, 0.25) is 0 Å². The van der Waals surface area contributed by atoms with E-state index in [2.05, 4.69) is 34.3 Å². The Balaban J connectivity index is 1.64. The van der Waals surface area contributed by atoms with Crippen molar-refractivity contribution in [1.29, 1.82) is 0 Å². The van der Waals surface area contributed by atoms with E-state index in [9.17, 15) is 4.79 Å². The number of piperidine rings is 1. The first kappa shape index (κ1) is 18.2. The van der Waals surface area contributed by atoms with E-state index >= 15 is 0 Å². The van der Waals surface area contributed by atoms with Gasteiger partial charge in [0.1, 0.15) is 11.3 Å². The predicted molar refractivity (Wildman–Crippen MR) is 96.6 cm³/mol. The summed E-state index contributed by atoms with van der Waals surface area (Å²) < 4.78 is 10.7. The van der Waals surface area contributed by atoms with E-state index in [-0.39, 0.29) is 11.4 Å². The van der Waals surface area contributed by atoms with Crippen LogP contribution < -0.4 is 10.1 Å². The number of piperazine rings is 1. The number of hydrogen-bond acceptors (Lipinski definition) is 5. The fraction of sp³-hybridized carbons (Fsp3) is 0.632. The van der Waals surface area contributed by atoms with Gasteiger partial charge in [-0.3, -0.25) is 14.6 Å². The number of likely N-dealkylation sites (tertiary alicyclic amines) is 1. The minimum absolute atomic E-state index is 0.202. The van der Waals surface area contributed by atoms with Gasteiger partial charge < -0.3 is 14.8 Å². The third kappa shape index (κ3) is 3.66. The van der Waals surface area contributed by atoms with Crippen LogP contribution in [0.25, 0.3) is 0 Å². The first-order chi connectivity index (χ1) is 12.1. The van der Waals surface area contributed by atoms with Gasteiger partial charge in [0, 0.05) is 45.4 Å². The monoisotopic (exact) mass is 347 g/mol. The molecule has 3 rings (SSSR count). The quantitative estimate of drug-likeness (QED) is 0.868. The molecule has 2 saturated heterocycles. The van der Waals surface area contributed by atoms with E-state index in [1.165, 1.54) is 5.56 Å². The Hall–Kier alpha value is -1.63. The number of methoxy groups -OCH3 is 2. The third-order valence-corrected chi connectivity index (χ3v) is 5.62. The van der Waals surface area contributed by atoms with Gasteiger partial charge in [0.2, 0.25) is 5.91 Å². The summed E-state index contributed by atoms with van der Waals surface area (Å²) in [6, 6.07) is 6.28. The highest BCUT2D eigenvalue weighted by Gasteiger charge is 2.46. The molecule has 0 radical (unpaired) electrons. The van der Waals surface area contributed by atoms with Gasteiger partial charge in [0.25, 0.3) is 0 Å². The molecule has 6 heteroatoms. The molecule has 1 amide bonds. The summed E-state index contributed by atoms with van der Waals surface area (Å²) >= 11 is 0. The van der Waals surface area contributed by atoms with E-state index in [4.69, 9.17) is 9.47 Å². The van der Waals surface area contributed by atoms with Crippen molar-refractivity contribution in [3.05, 3.63) is 29.3 Å². The van der Waals surface area contributed by atoms with Gasteiger partial charge >= 0.3 is 0 Å². The van der Waals surface area contributed by atoms with Crippen LogP contribution in [0.1, 0.15) is 24.0 Å². The smallest absolute Gasteiger partial charge is 0.240 e. The molecule has 0 aliphatic carbocycles. The topological polar surface area (TPSA) is 54.0 Å². The normalized spacial score (nSPS) is 21.3. The number of amides is 1. The van der Waals surface area contributed by atoms with Gasteiger partial charge in [0.15, 0.2) is 0 Å². The number of carbonyl (C=O) groups excluding carboxylic acids is 1. The Morgan fingerprint density at radius 3 is 2.60 bits per heavy atom. The van der Waals surface area contributed by atoms with Crippen molar-refractivity contribution in [2.24, 2.45) is 0 Å². The number of benzene rings is 1. The molecule has 1 N–H and O–H groups in total. The highest BCUT2D eigenvalue weighted by Crippen LogP contribution is 2.31. The molecule has 0 unspecified atom stereocenters. The Bertz CT molecular complexity index is 612. The highest BCUT2D eigenvalue weighted by atomic mass is 16.5. The number of nitrogens with zero attached hydrogens (tertiary/aromatic N) is 2. The summed E-state index contributed by atoms with van der Waals surface area (Å²) in [4.78, 5) is 17.1. The Morgan fingerprint density at radius 2 is 1.96 bits per heavy atom. The molecule has 2 aliphatic heterocycles. The van der Waals surface area contributed by atoms with Crippen LogP contribution in [-0.2, 0) is 22.7 Å². The zero-order valence-electron chi connectivity index (χ0n) is 15.5. The summed E-state index contributed by atoms with van der Waals surface area (Å²) in [6.07, 6.45) is 1.77. The fourth-order valence-electron chi connectivity index (χ4n) is 4.04. The molecular formula is C19H29N3O3. The third-order valence-electron chi connectivity index (χ3n) is 5.62. The molecule has 0 aromatic heterocycles. The molecule has 25 heavy (non-hydrogen) atoms. The average Bonchev–Trinajstić information content (AvgIpc) is 2.62. The van der Waals surface area contributed by atoms with Crippen LogP contribution in [0.5, 0.6) is 5.75 Å². The van der Waals surface area contributed by atoms with Crippen LogP contribution in [0.3, 0.4) is 0 Å². The molecule has 2 fully saturated rings. The van der Waals surface area contributed by atoms with Gasteiger partial charge in [-0.25, -0.2) is 0 Å². The average molecular weight is 347 g/mol. The van der Waals surface area contributed by atoms with E-state index in [0.29, 0.717) is 6.61 Å². The van der Waals surface area contributed by atoms with E-state index in [1.54, 1.807) is 14.2 Å². The molecule has 0 bridgehead atoms. The number of nitrogens with one attached hydrogen (secondary N) is 1. The molecule has 2 heterocycles. The number of ether oxygens (including phenoxy) is 2. The van der Waals surface area contributed by atoms with Crippen molar-refractivity contribution in [3.63, 3.8) is 0 Å². The largest absolute Gasteiger partial charge is 0.496 e. The number of hydrogen-bond donors (Lipinski definition) is 1. The Morgan fingerprint density at radius 1 is 1.20 bits per heavy atom. The van der Waals surface area contributed by atoms with Crippen molar-refractivity contribution in [2.45, 2.75) is 31.5 Å². The van der Waals surface area contributed by atoms with Crippen molar-refractivity contribution in [3.8, 4) is 5.75 Å². The Labute approximate surface area is 150 Å². The molecular weight excluding hydrogens is 318 g/mol. The van der Waals surface area contributed by atoms with Crippen LogP contribution in [0.4, 0.5) is 0 Å². The summed E-state index contributed by atoms with van der Waals surface area (Å²) in [5.41, 5.74) is 2.02. The second-order valence-corrected chi connectivity index (χ2v) is 7.06. The minimum atomic E-state index is -0.310. The lowest BCUT2D eigenvalue weighted by atomic mass is 9.83. The molecule has 0 atom stereocenters. The van der Waals surface area contributed by atoms with Crippen LogP contribution in [0.15, 0.2) is 18.2 Å². The first-order valence-corrected chi connectivity index (χ1v) is 8.95. The maximum atomic E-state index is 12.4. The van der Waals surface area contributed by atoms with Crippen molar-refractivity contribution in [2.75, 3.05) is 47.4 Å². The van der Waals surface area contributed by atoms with Crippen LogP contribution in [0, 0.1) is 0 Å². The summed E-state index contributed by atoms with van der Waals surface area (Å²) in [5, 5.41) is 3.04. The standard InChI is InChI=1S/C19H29N3O3/c1-21-11-8-20-18(23)19(21)6-9-22(10-7-19)13-15-4-5-17(25-3)16(12-15)14-24-2/h4-5,12H,6-11,13-14H2,1-3H3,(H,20,23). The zero-order chi connectivity index (χ0) is 17.9. The number of likely N-dealkylation sites (N-methyl/N-ethyl adjacent to an activating group) is 1. The van der Waals surface area contributed by atoms with E-state index in [1.807, 2.05) is 6.07 Å². The fourth-order valence-corrected chi connectivity index (χ4v) is 4.04. The molecule has 2 aliphatic rings. The van der Waals surface area contributed by atoms with E-state index in [0.717, 1.165) is 56.9 Å². The second-order valence-electron chi connectivity index (χ2n) is 7.06. The van der Waals surface area contributed by atoms with Crippen LogP contribution in [-0.4, -0.2) is 68.7 Å². The van der Waals surface area contributed by atoms with Crippen molar-refractivity contribution in [1.82, 2.24) is 15.1 Å². The second kappa shape index (κ2) is 7.72. The van der Waals surface area contributed by atoms with Gasteiger partial charge in [-0.2, -0.15) is 0 Å².